The van der Waals surface area contributed by atoms with E-state index in [1.165, 1.54) is 0 Å². The second-order valence-electron chi connectivity index (χ2n) is 3.17. The van der Waals surface area contributed by atoms with E-state index in [1.54, 1.807) is 6.21 Å². The maximum absolute atomic E-state index is 11.2. The summed E-state index contributed by atoms with van der Waals surface area (Å²) in [5, 5.41) is 2.83. The van der Waals surface area contributed by atoms with Gasteiger partial charge in [-0.1, -0.05) is 0 Å². The second-order valence-corrected chi connectivity index (χ2v) is 3.17. The molecule has 4 nitrogen and oxygen atoms in total. The van der Waals surface area contributed by atoms with Crippen LogP contribution in [0.5, 0.6) is 0 Å². The molecule has 2 heterocycles. The summed E-state index contributed by atoms with van der Waals surface area (Å²) in [5.74, 6) is 0.939. The standard InChI is InChI=1S/C8H11N3O/c1-5-6-3-9-4-11(2)7(6)10-8(5)12/h3,5H,4H2,1-2H3,(H,10,12). The van der Waals surface area contributed by atoms with E-state index in [-0.39, 0.29) is 11.8 Å². The van der Waals surface area contributed by atoms with Gasteiger partial charge in [0, 0.05) is 18.8 Å². The highest BCUT2D eigenvalue weighted by Crippen LogP contribution is 2.23. The maximum Gasteiger partial charge on any atom is 0.232 e. The Labute approximate surface area is 71.0 Å². The Bertz CT molecular complexity index is 293. The van der Waals surface area contributed by atoms with Gasteiger partial charge in [-0.15, -0.1) is 0 Å². The molecule has 2 rings (SSSR count). The van der Waals surface area contributed by atoms with Crippen LogP contribution in [0, 0.1) is 5.92 Å². The van der Waals surface area contributed by atoms with Gasteiger partial charge in [0.25, 0.3) is 0 Å². The number of hydrogen-bond donors (Lipinski definition) is 1. The zero-order valence-electron chi connectivity index (χ0n) is 7.16. The molecule has 0 saturated heterocycles. The molecule has 0 spiro atoms. The molecule has 0 fully saturated rings. The zero-order chi connectivity index (χ0) is 8.72. The average Bonchev–Trinajstić information content (AvgIpc) is 2.32. The van der Waals surface area contributed by atoms with E-state index in [9.17, 15) is 4.79 Å². The molecule has 0 radical (unpaired) electrons. The van der Waals surface area contributed by atoms with Gasteiger partial charge in [0.2, 0.25) is 5.91 Å². The van der Waals surface area contributed by atoms with E-state index in [1.807, 2.05) is 18.9 Å². The SMILES string of the molecule is CC1C(=O)NC2=C1C=NCN2C. The average molecular weight is 165 g/mol. The van der Waals surface area contributed by atoms with E-state index in [0.29, 0.717) is 6.67 Å². The van der Waals surface area contributed by atoms with Crippen LogP contribution in [0.3, 0.4) is 0 Å². The van der Waals surface area contributed by atoms with Gasteiger partial charge in [0.15, 0.2) is 0 Å². The van der Waals surface area contributed by atoms with Crippen molar-refractivity contribution in [3.63, 3.8) is 0 Å². The van der Waals surface area contributed by atoms with Crippen LogP contribution in [0.2, 0.25) is 0 Å². The number of amides is 1. The van der Waals surface area contributed by atoms with E-state index in [2.05, 4.69) is 10.3 Å². The molecule has 0 aromatic carbocycles. The Balaban J connectivity index is 2.38. The molecule has 0 aromatic rings. The topological polar surface area (TPSA) is 44.7 Å². The second kappa shape index (κ2) is 2.33. The van der Waals surface area contributed by atoms with E-state index < -0.39 is 0 Å². The molecule has 1 amide bonds. The molecular weight excluding hydrogens is 154 g/mol. The van der Waals surface area contributed by atoms with Crippen LogP contribution in [0.1, 0.15) is 6.92 Å². The molecule has 1 atom stereocenters. The molecular formula is C8H11N3O. The van der Waals surface area contributed by atoms with Crippen LogP contribution in [-0.2, 0) is 4.79 Å². The lowest BCUT2D eigenvalue weighted by atomic mass is 10.0. The number of aliphatic imine (C=N–C) groups is 1. The van der Waals surface area contributed by atoms with Crippen LogP contribution in [0.15, 0.2) is 16.4 Å². The van der Waals surface area contributed by atoms with E-state index in [0.717, 1.165) is 11.4 Å². The van der Waals surface area contributed by atoms with Crippen molar-refractivity contribution in [1.82, 2.24) is 10.2 Å². The summed E-state index contributed by atoms with van der Waals surface area (Å²) in [6.07, 6.45) is 1.79. The summed E-state index contributed by atoms with van der Waals surface area (Å²) in [6.45, 7) is 2.52. The summed E-state index contributed by atoms with van der Waals surface area (Å²) >= 11 is 0. The summed E-state index contributed by atoms with van der Waals surface area (Å²) in [5.41, 5.74) is 1.01. The lowest BCUT2D eigenvalue weighted by Crippen LogP contribution is -2.30. The van der Waals surface area contributed by atoms with Crippen LogP contribution in [0.4, 0.5) is 0 Å². The highest BCUT2D eigenvalue weighted by atomic mass is 16.2. The number of carbonyl (C=O) groups excluding carboxylic acids is 1. The molecule has 0 bridgehead atoms. The van der Waals surface area contributed by atoms with Crippen LogP contribution in [-0.4, -0.2) is 30.7 Å². The fourth-order valence-electron chi connectivity index (χ4n) is 1.46. The van der Waals surface area contributed by atoms with Gasteiger partial charge < -0.3 is 10.2 Å². The summed E-state index contributed by atoms with van der Waals surface area (Å²) in [6, 6.07) is 0. The molecule has 0 aliphatic carbocycles. The maximum atomic E-state index is 11.2. The Hall–Kier alpha value is -1.32. The molecule has 64 valence electrons. The van der Waals surface area contributed by atoms with Crippen molar-refractivity contribution in [2.24, 2.45) is 10.9 Å². The van der Waals surface area contributed by atoms with Gasteiger partial charge in [-0.2, -0.15) is 0 Å². The van der Waals surface area contributed by atoms with Crippen LogP contribution >= 0.6 is 0 Å². The quantitative estimate of drug-likeness (QED) is 0.546. The van der Waals surface area contributed by atoms with Crippen molar-refractivity contribution in [2.75, 3.05) is 13.7 Å². The number of nitrogens with zero attached hydrogens (tertiary/aromatic N) is 2. The smallest absolute Gasteiger partial charge is 0.232 e. The fourth-order valence-corrected chi connectivity index (χ4v) is 1.46. The van der Waals surface area contributed by atoms with Gasteiger partial charge >= 0.3 is 0 Å². The minimum Gasteiger partial charge on any atom is -0.341 e. The molecule has 4 heteroatoms. The van der Waals surface area contributed by atoms with Gasteiger partial charge in [0.05, 0.1) is 5.92 Å². The molecule has 2 aliphatic rings. The first-order chi connectivity index (χ1) is 5.70. The first-order valence-corrected chi connectivity index (χ1v) is 3.96. The minimum absolute atomic E-state index is 0.0495. The molecule has 0 saturated carbocycles. The third kappa shape index (κ3) is 0.841. The first kappa shape index (κ1) is 7.34. The summed E-state index contributed by atoms with van der Waals surface area (Å²) in [4.78, 5) is 17.3. The summed E-state index contributed by atoms with van der Waals surface area (Å²) in [7, 11) is 1.92. The van der Waals surface area contributed by atoms with Crippen molar-refractivity contribution in [3.8, 4) is 0 Å². The molecule has 12 heavy (non-hydrogen) atoms. The highest BCUT2D eigenvalue weighted by Gasteiger charge is 2.31. The van der Waals surface area contributed by atoms with Gasteiger partial charge in [-0.3, -0.25) is 9.79 Å². The minimum atomic E-state index is -0.0495. The zero-order valence-corrected chi connectivity index (χ0v) is 7.16. The lowest BCUT2D eigenvalue weighted by molar-refractivity contribution is -0.121. The number of rotatable bonds is 0. The van der Waals surface area contributed by atoms with Crippen molar-refractivity contribution in [3.05, 3.63) is 11.4 Å². The fraction of sp³-hybridized carbons (Fsp3) is 0.500. The number of nitrogens with one attached hydrogen (secondary N) is 1. The molecule has 1 N–H and O–H groups in total. The van der Waals surface area contributed by atoms with Crippen molar-refractivity contribution in [1.29, 1.82) is 0 Å². The molecule has 1 unspecified atom stereocenters. The molecule has 0 aromatic heterocycles. The van der Waals surface area contributed by atoms with Crippen molar-refractivity contribution >= 4 is 12.1 Å². The van der Waals surface area contributed by atoms with Crippen LogP contribution < -0.4 is 5.32 Å². The molecule has 2 aliphatic heterocycles. The largest absolute Gasteiger partial charge is 0.341 e. The normalized spacial score (nSPS) is 27.7. The van der Waals surface area contributed by atoms with Crippen molar-refractivity contribution in [2.45, 2.75) is 6.92 Å². The van der Waals surface area contributed by atoms with Crippen LogP contribution in [0.25, 0.3) is 0 Å². The predicted molar refractivity (Wildman–Crippen MR) is 45.5 cm³/mol. The monoisotopic (exact) mass is 165 g/mol. The Morgan fingerprint density at radius 2 is 2.50 bits per heavy atom. The van der Waals surface area contributed by atoms with E-state index >= 15 is 0 Å². The lowest BCUT2D eigenvalue weighted by Gasteiger charge is -2.21. The number of carbonyl (C=O) groups is 1. The third-order valence-corrected chi connectivity index (χ3v) is 2.28. The Kier molecular flexibility index (Phi) is 1.43. The van der Waals surface area contributed by atoms with Gasteiger partial charge in [0.1, 0.15) is 12.5 Å². The van der Waals surface area contributed by atoms with Gasteiger partial charge in [-0.25, -0.2) is 0 Å². The summed E-state index contributed by atoms with van der Waals surface area (Å²) < 4.78 is 0. The van der Waals surface area contributed by atoms with Crippen molar-refractivity contribution < 1.29 is 4.79 Å². The predicted octanol–water partition coefficient (Wildman–Crippen LogP) is -0.0624. The Morgan fingerprint density at radius 1 is 1.75 bits per heavy atom. The number of hydrogen-bond acceptors (Lipinski definition) is 3. The van der Waals surface area contributed by atoms with E-state index in [4.69, 9.17) is 0 Å². The highest BCUT2D eigenvalue weighted by molar-refractivity contribution is 5.97. The first-order valence-electron chi connectivity index (χ1n) is 3.96. The van der Waals surface area contributed by atoms with Gasteiger partial charge in [-0.05, 0) is 6.92 Å². The third-order valence-electron chi connectivity index (χ3n) is 2.28. The Morgan fingerprint density at radius 3 is 3.17 bits per heavy atom.